The molecule has 0 bridgehead atoms. The van der Waals surface area contributed by atoms with Crippen LogP contribution in [0.15, 0.2) is 42.6 Å². The number of hydrogen-bond acceptors (Lipinski definition) is 2. The van der Waals surface area contributed by atoms with E-state index in [0.717, 1.165) is 5.56 Å². The summed E-state index contributed by atoms with van der Waals surface area (Å²) < 4.78 is 13.9. The maximum absolute atomic E-state index is 13.9. The second-order valence-corrected chi connectivity index (χ2v) is 5.24. The maximum Gasteiger partial charge on any atom is 0.236 e. The lowest BCUT2D eigenvalue weighted by Crippen LogP contribution is -2.29. The first kappa shape index (κ1) is 12.8. The maximum atomic E-state index is 13.9. The van der Waals surface area contributed by atoms with Crippen molar-refractivity contribution in [1.82, 2.24) is 4.98 Å². The number of benzene rings is 1. The Bertz CT molecular complexity index is 648. The minimum Gasteiger partial charge on any atom is -0.310 e. The summed E-state index contributed by atoms with van der Waals surface area (Å²) in [5.74, 6) is -0.000757. The van der Waals surface area contributed by atoms with E-state index in [2.05, 4.69) is 10.3 Å². The van der Waals surface area contributed by atoms with Gasteiger partial charge in [0.05, 0.1) is 5.41 Å². The molecule has 2 aromatic rings. The van der Waals surface area contributed by atoms with Gasteiger partial charge in [0.25, 0.3) is 0 Å². The van der Waals surface area contributed by atoms with Crippen LogP contribution in [0.2, 0.25) is 0 Å². The van der Waals surface area contributed by atoms with Crippen molar-refractivity contribution in [2.24, 2.45) is 0 Å². The van der Waals surface area contributed by atoms with Gasteiger partial charge in [-0.05, 0) is 37.5 Å². The van der Waals surface area contributed by atoms with E-state index in [9.17, 15) is 9.18 Å². The molecule has 0 saturated heterocycles. The molecular formula is C16H15FN2O. The third-order valence-electron chi connectivity index (χ3n) is 3.73. The van der Waals surface area contributed by atoms with Gasteiger partial charge in [0.1, 0.15) is 11.6 Å². The zero-order valence-corrected chi connectivity index (χ0v) is 11.2. The molecule has 1 amide bonds. The highest BCUT2D eigenvalue weighted by Gasteiger charge is 2.52. The predicted octanol–water partition coefficient (Wildman–Crippen LogP) is 3.20. The van der Waals surface area contributed by atoms with Crippen LogP contribution in [0.5, 0.6) is 0 Å². The Morgan fingerprint density at radius 3 is 2.60 bits per heavy atom. The van der Waals surface area contributed by atoms with Gasteiger partial charge in [-0.15, -0.1) is 0 Å². The third kappa shape index (κ3) is 2.18. The zero-order chi connectivity index (χ0) is 14.2. The molecule has 1 aromatic carbocycles. The van der Waals surface area contributed by atoms with E-state index in [1.54, 1.807) is 30.5 Å². The molecule has 1 fully saturated rings. The third-order valence-corrected chi connectivity index (χ3v) is 3.73. The number of aryl methyl sites for hydroxylation is 1. The SMILES string of the molecule is Cc1ccc(NC(=O)C2(c3ccccc3F)CC2)nc1. The Labute approximate surface area is 116 Å². The Morgan fingerprint density at radius 2 is 2.00 bits per heavy atom. The van der Waals surface area contributed by atoms with Gasteiger partial charge in [0.2, 0.25) is 5.91 Å². The van der Waals surface area contributed by atoms with E-state index in [-0.39, 0.29) is 11.7 Å². The fraction of sp³-hybridized carbons (Fsp3) is 0.250. The van der Waals surface area contributed by atoms with Crippen molar-refractivity contribution in [2.45, 2.75) is 25.2 Å². The molecule has 0 radical (unpaired) electrons. The summed E-state index contributed by atoms with van der Waals surface area (Å²) >= 11 is 0. The highest BCUT2D eigenvalue weighted by Crippen LogP contribution is 2.49. The van der Waals surface area contributed by atoms with E-state index in [1.165, 1.54) is 6.07 Å². The fourth-order valence-corrected chi connectivity index (χ4v) is 2.37. The number of rotatable bonds is 3. The number of carbonyl (C=O) groups excluding carboxylic acids is 1. The van der Waals surface area contributed by atoms with E-state index >= 15 is 0 Å². The topological polar surface area (TPSA) is 42.0 Å². The van der Waals surface area contributed by atoms with Gasteiger partial charge in [-0.3, -0.25) is 4.79 Å². The number of anilines is 1. The predicted molar refractivity (Wildman–Crippen MR) is 74.9 cm³/mol. The summed E-state index contributed by atoms with van der Waals surface area (Å²) in [5.41, 5.74) is 0.778. The molecule has 1 saturated carbocycles. The van der Waals surface area contributed by atoms with Crippen molar-refractivity contribution in [2.75, 3.05) is 5.32 Å². The van der Waals surface area contributed by atoms with Crippen LogP contribution < -0.4 is 5.32 Å². The van der Waals surface area contributed by atoms with Crippen molar-refractivity contribution in [3.8, 4) is 0 Å². The van der Waals surface area contributed by atoms with Gasteiger partial charge in [-0.2, -0.15) is 0 Å². The van der Waals surface area contributed by atoms with Crippen molar-refractivity contribution >= 4 is 11.7 Å². The second kappa shape index (κ2) is 4.71. The number of amides is 1. The van der Waals surface area contributed by atoms with Crippen molar-refractivity contribution in [1.29, 1.82) is 0 Å². The standard InChI is InChI=1S/C16H15FN2O/c1-11-6-7-14(18-10-11)19-15(20)16(8-9-16)12-4-2-3-5-13(12)17/h2-7,10H,8-9H2,1H3,(H,18,19,20). The minimum absolute atomic E-state index is 0.182. The summed E-state index contributed by atoms with van der Waals surface area (Å²) in [6.45, 7) is 1.93. The summed E-state index contributed by atoms with van der Waals surface area (Å²) in [4.78, 5) is 16.6. The molecule has 0 atom stereocenters. The highest BCUT2D eigenvalue weighted by atomic mass is 19.1. The fourth-order valence-electron chi connectivity index (χ4n) is 2.37. The van der Waals surface area contributed by atoms with Gasteiger partial charge in [-0.1, -0.05) is 24.3 Å². The number of nitrogens with one attached hydrogen (secondary N) is 1. The van der Waals surface area contributed by atoms with Crippen LogP contribution in [0.25, 0.3) is 0 Å². The number of nitrogens with zero attached hydrogens (tertiary/aromatic N) is 1. The number of halogens is 1. The van der Waals surface area contributed by atoms with Crippen LogP contribution in [0.3, 0.4) is 0 Å². The highest BCUT2D eigenvalue weighted by molar-refractivity contribution is 6.00. The van der Waals surface area contributed by atoms with Crippen LogP contribution in [0.1, 0.15) is 24.0 Å². The summed E-state index contributed by atoms with van der Waals surface area (Å²) in [6.07, 6.45) is 3.04. The molecule has 1 heterocycles. The normalized spacial score (nSPS) is 15.7. The monoisotopic (exact) mass is 270 g/mol. The first-order valence-electron chi connectivity index (χ1n) is 6.61. The lowest BCUT2D eigenvalue weighted by Gasteiger charge is -2.16. The van der Waals surface area contributed by atoms with Gasteiger partial charge in [0.15, 0.2) is 0 Å². The average Bonchev–Trinajstić information content (AvgIpc) is 3.23. The summed E-state index contributed by atoms with van der Waals surface area (Å²) in [6, 6.07) is 10.1. The van der Waals surface area contributed by atoms with Crippen LogP contribution in [-0.2, 0) is 10.2 Å². The molecule has 0 aliphatic heterocycles. The van der Waals surface area contributed by atoms with Crippen LogP contribution in [0.4, 0.5) is 10.2 Å². The zero-order valence-electron chi connectivity index (χ0n) is 11.2. The number of aromatic nitrogens is 1. The van der Waals surface area contributed by atoms with E-state index in [1.807, 2.05) is 13.0 Å². The molecule has 1 aliphatic carbocycles. The van der Waals surface area contributed by atoms with Crippen LogP contribution in [0, 0.1) is 12.7 Å². The van der Waals surface area contributed by atoms with Crippen molar-refractivity contribution in [3.63, 3.8) is 0 Å². The largest absolute Gasteiger partial charge is 0.310 e. The summed E-state index contributed by atoms with van der Waals surface area (Å²) in [7, 11) is 0. The molecular weight excluding hydrogens is 255 g/mol. The van der Waals surface area contributed by atoms with Crippen molar-refractivity contribution < 1.29 is 9.18 Å². The molecule has 3 rings (SSSR count). The first-order chi connectivity index (χ1) is 9.62. The molecule has 1 aromatic heterocycles. The number of pyridine rings is 1. The molecule has 1 N–H and O–H groups in total. The molecule has 102 valence electrons. The number of hydrogen-bond donors (Lipinski definition) is 1. The summed E-state index contributed by atoms with van der Waals surface area (Å²) in [5, 5.41) is 2.78. The quantitative estimate of drug-likeness (QED) is 0.930. The molecule has 0 spiro atoms. The minimum atomic E-state index is -0.724. The Balaban J connectivity index is 1.84. The lowest BCUT2D eigenvalue weighted by atomic mass is 9.94. The Morgan fingerprint density at radius 1 is 1.25 bits per heavy atom. The Kier molecular flexibility index (Phi) is 3.01. The average molecular weight is 270 g/mol. The smallest absolute Gasteiger partial charge is 0.236 e. The Hall–Kier alpha value is -2.23. The molecule has 0 unspecified atom stereocenters. The second-order valence-electron chi connectivity index (χ2n) is 5.24. The van der Waals surface area contributed by atoms with E-state index in [0.29, 0.717) is 24.2 Å². The van der Waals surface area contributed by atoms with Gasteiger partial charge in [-0.25, -0.2) is 9.37 Å². The van der Waals surface area contributed by atoms with Crippen LogP contribution >= 0.6 is 0 Å². The first-order valence-corrected chi connectivity index (χ1v) is 6.61. The van der Waals surface area contributed by atoms with Crippen molar-refractivity contribution in [3.05, 3.63) is 59.5 Å². The van der Waals surface area contributed by atoms with Gasteiger partial charge in [0, 0.05) is 11.8 Å². The molecule has 4 heteroatoms. The molecule has 3 nitrogen and oxygen atoms in total. The number of carbonyl (C=O) groups is 1. The van der Waals surface area contributed by atoms with E-state index in [4.69, 9.17) is 0 Å². The van der Waals surface area contributed by atoms with Gasteiger partial charge < -0.3 is 5.32 Å². The molecule has 20 heavy (non-hydrogen) atoms. The molecule has 1 aliphatic rings. The lowest BCUT2D eigenvalue weighted by molar-refractivity contribution is -0.118. The van der Waals surface area contributed by atoms with Gasteiger partial charge >= 0.3 is 0 Å². The van der Waals surface area contributed by atoms with E-state index < -0.39 is 5.41 Å². The van der Waals surface area contributed by atoms with Crippen LogP contribution in [-0.4, -0.2) is 10.9 Å².